The molecule has 1 heterocycles. The van der Waals surface area contributed by atoms with E-state index in [1.807, 2.05) is 37.3 Å². The smallest absolute Gasteiger partial charge is 0.230 e. The zero-order valence-corrected chi connectivity index (χ0v) is 13.9. The van der Waals surface area contributed by atoms with Gasteiger partial charge in [0, 0.05) is 12.0 Å². The number of H-pyrrole nitrogens is 1. The summed E-state index contributed by atoms with van der Waals surface area (Å²) in [6.07, 6.45) is 2.18. The number of nitrogens with one attached hydrogen (secondary N) is 2. The maximum Gasteiger partial charge on any atom is 0.230 e. The Kier molecular flexibility index (Phi) is 4.85. The summed E-state index contributed by atoms with van der Waals surface area (Å²) in [5.41, 5.74) is 0.0946. The summed E-state index contributed by atoms with van der Waals surface area (Å²) in [5, 5.41) is 10.4. The van der Waals surface area contributed by atoms with Crippen LogP contribution in [0.1, 0.15) is 18.7 Å². The van der Waals surface area contributed by atoms with Crippen LogP contribution in [0, 0.1) is 12.3 Å². The Morgan fingerprint density at radius 1 is 1.39 bits per heavy atom. The lowest BCUT2D eigenvalue weighted by Gasteiger charge is -2.17. The van der Waals surface area contributed by atoms with Crippen molar-refractivity contribution in [2.24, 2.45) is 5.41 Å². The van der Waals surface area contributed by atoms with Gasteiger partial charge in [-0.1, -0.05) is 30.0 Å². The predicted molar refractivity (Wildman–Crippen MR) is 88.5 cm³/mol. The second-order valence-corrected chi connectivity index (χ2v) is 6.81. The van der Waals surface area contributed by atoms with E-state index in [2.05, 4.69) is 20.5 Å². The molecule has 1 aromatic carbocycles. The van der Waals surface area contributed by atoms with E-state index in [-0.39, 0.29) is 11.3 Å². The first-order chi connectivity index (χ1) is 11.2. The number of carbonyl (C=O) groups is 1. The molecule has 6 nitrogen and oxygen atoms in total. The Hall–Kier alpha value is -2.02. The van der Waals surface area contributed by atoms with Crippen LogP contribution in [0.3, 0.4) is 0 Å². The highest BCUT2D eigenvalue weighted by Crippen LogP contribution is 2.45. The second-order valence-electron chi connectivity index (χ2n) is 5.87. The quantitative estimate of drug-likeness (QED) is 0.724. The van der Waals surface area contributed by atoms with Gasteiger partial charge in [-0.15, -0.1) is 5.10 Å². The maximum atomic E-state index is 11.9. The van der Waals surface area contributed by atoms with E-state index in [0.29, 0.717) is 24.1 Å². The molecule has 1 fully saturated rings. The number of aryl methyl sites for hydroxylation is 1. The van der Waals surface area contributed by atoms with Crippen molar-refractivity contribution in [3.63, 3.8) is 0 Å². The van der Waals surface area contributed by atoms with E-state index in [9.17, 15) is 4.79 Å². The molecule has 1 aliphatic carbocycles. The van der Waals surface area contributed by atoms with Crippen LogP contribution in [0.4, 0.5) is 0 Å². The topological polar surface area (TPSA) is 79.9 Å². The minimum atomic E-state index is 0.00318. The average molecular weight is 332 g/mol. The highest BCUT2D eigenvalue weighted by Gasteiger charge is 2.43. The fraction of sp³-hybridized carbons (Fsp3) is 0.438. The molecule has 3 rings (SSSR count). The van der Waals surface area contributed by atoms with E-state index < -0.39 is 0 Å². The molecule has 0 spiro atoms. The number of nitrogens with zero attached hydrogens (tertiary/aromatic N) is 2. The van der Waals surface area contributed by atoms with Crippen molar-refractivity contribution in [2.45, 2.75) is 24.9 Å². The van der Waals surface area contributed by atoms with Gasteiger partial charge < -0.3 is 10.1 Å². The predicted octanol–water partition coefficient (Wildman–Crippen LogP) is 2.18. The normalized spacial score (nSPS) is 15.2. The number of benzene rings is 1. The first-order valence-corrected chi connectivity index (χ1v) is 8.60. The lowest BCUT2D eigenvalue weighted by Crippen LogP contribution is -2.34. The highest BCUT2D eigenvalue weighted by atomic mass is 32.2. The fourth-order valence-corrected chi connectivity index (χ4v) is 2.83. The number of aromatic nitrogens is 3. The molecule has 2 aromatic rings. The fourth-order valence-electron chi connectivity index (χ4n) is 2.16. The van der Waals surface area contributed by atoms with Gasteiger partial charge in [-0.2, -0.15) is 0 Å². The standard InChI is InChI=1S/C16H20N4O2S/c1-12-18-15(20-19-12)23-9-14(21)17-10-16(7-8-16)11-22-13-5-3-2-4-6-13/h2-6H,7-11H2,1H3,(H,17,21)(H,18,19,20). The number of para-hydroxylation sites is 1. The van der Waals surface area contributed by atoms with E-state index in [1.54, 1.807) is 0 Å². The van der Waals surface area contributed by atoms with Crippen molar-refractivity contribution in [3.05, 3.63) is 36.2 Å². The molecule has 0 aliphatic heterocycles. The summed E-state index contributed by atoms with van der Waals surface area (Å²) in [7, 11) is 0. The molecule has 7 heteroatoms. The van der Waals surface area contributed by atoms with Gasteiger partial charge in [0.2, 0.25) is 11.1 Å². The van der Waals surface area contributed by atoms with Gasteiger partial charge in [0.1, 0.15) is 11.6 Å². The van der Waals surface area contributed by atoms with Crippen molar-refractivity contribution in [1.29, 1.82) is 0 Å². The van der Waals surface area contributed by atoms with Gasteiger partial charge in [0.05, 0.1) is 12.4 Å². The maximum absolute atomic E-state index is 11.9. The van der Waals surface area contributed by atoms with Crippen LogP contribution >= 0.6 is 11.8 Å². The molecule has 1 saturated carbocycles. The Morgan fingerprint density at radius 3 is 2.83 bits per heavy atom. The third-order valence-corrected chi connectivity index (χ3v) is 4.66. The Balaban J connectivity index is 1.38. The monoisotopic (exact) mass is 332 g/mol. The van der Waals surface area contributed by atoms with Crippen LogP contribution in [-0.4, -0.2) is 40.0 Å². The number of aromatic amines is 1. The van der Waals surface area contributed by atoms with Crippen LogP contribution in [0.2, 0.25) is 0 Å². The summed E-state index contributed by atoms with van der Waals surface area (Å²) in [4.78, 5) is 16.1. The molecule has 1 aromatic heterocycles. The van der Waals surface area contributed by atoms with Crippen molar-refractivity contribution >= 4 is 17.7 Å². The SMILES string of the molecule is Cc1nc(SCC(=O)NCC2(COc3ccccc3)CC2)n[nH]1. The molecule has 0 radical (unpaired) electrons. The number of hydrogen-bond acceptors (Lipinski definition) is 5. The van der Waals surface area contributed by atoms with E-state index in [1.165, 1.54) is 11.8 Å². The summed E-state index contributed by atoms with van der Waals surface area (Å²) in [6.45, 7) is 3.14. The number of thioether (sulfide) groups is 1. The first-order valence-electron chi connectivity index (χ1n) is 7.62. The lowest BCUT2D eigenvalue weighted by atomic mass is 10.1. The molecule has 0 bridgehead atoms. The summed E-state index contributed by atoms with van der Waals surface area (Å²) < 4.78 is 5.82. The second kappa shape index (κ2) is 7.04. The molecule has 0 atom stereocenters. The van der Waals surface area contributed by atoms with Gasteiger partial charge in [-0.3, -0.25) is 9.89 Å². The number of rotatable bonds is 8. The minimum Gasteiger partial charge on any atom is -0.493 e. The summed E-state index contributed by atoms with van der Waals surface area (Å²) in [5.74, 6) is 1.96. The van der Waals surface area contributed by atoms with Gasteiger partial charge in [-0.25, -0.2) is 4.98 Å². The van der Waals surface area contributed by atoms with Crippen molar-refractivity contribution in [3.8, 4) is 5.75 Å². The molecule has 2 N–H and O–H groups in total. The summed E-state index contributed by atoms with van der Waals surface area (Å²) >= 11 is 1.33. The number of ether oxygens (including phenoxy) is 1. The average Bonchev–Trinajstić information content (AvgIpc) is 3.23. The van der Waals surface area contributed by atoms with Crippen LogP contribution in [-0.2, 0) is 4.79 Å². The minimum absolute atomic E-state index is 0.00318. The van der Waals surface area contributed by atoms with Crippen LogP contribution < -0.4 is 10.1 Å². The number of hydrogen-bond donors (Lipinski definition) is 2. The van der Waals surface area contributed by atoms with Crippen LogP contribution in [0.5, 0.6) is 5.75 Å². The van der Waals surface area contributed by atoms with Gasteiger partial charge in [0.15, 0.2) is 0 Å². The molecule has 0 unspecified atom stereocenters. The van der Waals surface area contributed by atoms with Gasteiger partial charge >= 0.3 is 0 Å². The van der Waals surface area contributed by atoms with E-state index in [0.717, 1.165) is 24.4 Å². The van der Waals surface area contributed by atoms with E-state index in [4.69, 9.17) is 4.74 Å². The van der Waals surface area contributed by atoms with Crippen molar-refractivity contribution in [1.82, 2.24) is 20.5 Å². The third-order valence-electron chi connectivity index (χ3n) is 3.81. The van der Waals surface area contributed by atoms with E-state index >= 15 is 0 Å². The van der Waals surface area contributed by atoms with Gasteiger partial charge in [0.25, 0.3) is 0 Å². The molecule has 23 heavy (non-hydrogen) atoms. The van der Waals surface area contributed by atoms with Crippen LogP contribution in [0.25, 0.3) is 0 Å². The van der Waals surface area contributed by atoms with Crippen molar-refractivity contribution in [2.75, 3.05) is 18.9 Å². The van der Waals surface area contributed by atoms with Gasteiger partial charge in [-0.05, 0) is 31.9 Å². The molecule has 0 saturated heterocycles. The van der Waals surface area contributed by atoms with Crippen molar-refractivity contribution < 1.29 is 9.53 Å². The molecular formula is C16H20N4O2S. The third kappa shape index (κ3) is 4.72. The number of carbonyl (C=O) groups excluding carboxylic acids is 1. The number of amides is 1. The zero-order chi connectivity index (χ0) is 16.1. The Bertz CT molecular complexity index is 655. The first kappa shape index (κ1) is 15.9. The largest absolute Gasteiger partial charge is 0.493 e. The lowest BCUT2D eigenvalue weighted by molar-refractivity contribution is -0.118. The molecular weight excluding hydrogens is 312 g/mol. The Labute approximate surface area is 139 Å². The zero-order valence-electron chi connectivity index (χ0n) is 13.0. The Morgan fingerprint density at radius 2 is 2.17 bits per heavy atom. The van der Waals surface area contributed by atoms with Crippen LogP contribution in [0.15, 0.2) is 35.5 Å². The molecule has 122 valence electrons. The molecule has 1 amide bonds. The summed E-state index contributed by atoms with van der Waals surface area (Å²) in [6, 6.07) is 9.78. The highest BCUT2D eigenvalue weighted by molar-refractivity contribution is 7.99. The molecule has 1 aliphatic rings.